The van der Waals surface area contributed by atoms with Gasteiger partial charge in [0, 0.05) is 22.9 Å². The lowest BCUT2D eigenvalue weighted by Crippen LogP contribution is -2.30. The average Bonchev–Trinajstić information content (AvgIpc) is 2.66. The smallest absolute Gasteiger partial charge is 0.166 e. The lowest BCUT2D eigenvalue weighted by atomic mass is 9.88. The minimum atomic E-state index is 0.150. The monoisotopic (exact) mass is 245 g/mol. The van der Waals surface area contributed by atoms with Crippen LogP contribution >= 0.6 is 0 Å². The van der Waals surface area contributed by atoms with Gasteiger partial charge in [0.05, 0.1) is 12.2 Å². The van der Waals surface area contributed by atoms with Gasteiger partial charge in [0.25, 0.3) is 0 Å². The summed E-state index contributed by atoms with van der Waals surface area (Å²) in [5.74, 6) is 0.432. The number of hydrogen-bond acceptors (Lipinski definition) is 3. The molecule has 3 rings (SSSR count). The van der Waals surface area contributed by atoms with Gasteiger partial charge in [0.15, 0.2) is 5.78 Å². The maximum Gasteiger partial charge on any atom is 0.166 e. The summed E-state index contributed by atoms with van der Waals surface area (Å²) in [6, 6.07) is 3.82. The Hall–Kier alpha value is -1.22. The van der Waals surface area contributed by atoms with Crippen LogP contribution in [0, 0.1) is 19.8 Å². The molecule has 0 N–H and O–H groups in total. The number of carbonyl (C=O) groups is 1. The van der Waals surface area contributed by atoms with Gasteiger partial charge in [0.1, 0.15) is 0 Å². The Labute approximate surface area is 108 Å². The molecular formula is C15H19NO2. The van der Waals surface area contributed by atoms with Crippen molar-refractivity contribution in [2.45, 2.75) is 51.7 Å². The molecule has 2 aliphatic rings. The van der Waals surface area contributed by atoms with Crippen molar-refractivity contribution in [3.63, 3.8) is 0 Å². The highest BCUT2D eigenvalue weighted by atomic mass is 16.5. The zero-order chi connectivity index (χ0) is 12.7. The van der Waals surface area contributed by atoms with Gasteiger partial charge in [0.2, 0.25) is 0 Å². The molecular weight excluding hydrogens is 226 g/mol. The highest BCUT2D eigenvalue weighted by Crippen LogP contribution is 2.37. The minimum Gasteiger partial charge on any atom is -0.375 e. The largest absolute Gasteiger partial charge is 0.375 e. The zero-order valence-corrected chi connectivity index (χ0v) is 11.0. The Morgan fingerprint density at radius 1 is 1.17 bits per heavy atom. The number of pyridine rings is 1. The zero-order valence-electron chi connectivity index (χ0n) is 11.0. The number of aromatic nitrogens is 1. The van der Waals surface area contributed by atoms with Crippen molar-refractivity contribution < 1.29 is 9.53 Å². The van der Waals surface area contributed by atoms with Crippen molar-refractivity contribution in [2.75, 3.05) is 0 Å². The van der Waals surface area contributed by atoms with E-state index in [2.05, 4.69) is 4.98 Å². The molecule has 1 aromatic heterocycles. The number of carbonyl (C=O) groups excluding carboxylic acids is 1. The van der Waals surface area contributed by atoms with E-state index in [4.69, 9.17) is 4.74 Å². The maximum absolute atomic E-state index is 12.5. The second-order valence-corrected chi connectivity index (χ2v) is 5.63. The van der Waals surface area contributed by atoms with Crippen LogP contribution < -0.4 is 0 Å². The summed E-state index contributed by atoms with van der Waals surface area (Å²) in [4.78, 5) is 16.9. The topological polar surface area (TPSA) is 39.2 Å². The number of Topliss-reactive ketones (excluding diaryl/α,β-unsaturated/α-hetero) is 1. The molecule has 0 spiro atoms. The number of hydrogen-bond donors (Lipinski definition) is 0. The second kappa shape index (κ2) is 4.47. The standard InChI is InChI=1S/C15H19NO2/c1-9-5-11(6-10(2)16-9)15(17)12-7-13-3-4-14(8-12)18-13/h5-6,12-14H,3-4,7-8H2,1-2H3. The number of ether oxygens (including phenoxy) is 1. The lowest BCUT2D eigenvalue weighted by Gasteiger charge is -2.27. The van der Waals surface area contributed by atoms with Gasteiger partial charge in [-0.1, -0.05) is 0 Å². The highest BCUT2D eigenvalue weighted by Gasteiger charge is 2.38. The molecule has 1 aromatic rings. The molecule has 2 fully saturated rings. The predicted molar refractivity (Wildman–Crippen MR) is 68.7 cm³/mol. The highest BCUT2D eigenvalue weighted by molar-refractivity contribution is 5.98. The van der Waals surface area contributed by atoms with E-state index in [-0.39, 0.29) is 11.7 Å². The average molecular weight is 245 g/mol. The molecule has 2 saturated heterocycles. The molecule has 0 amide bonds. The summed E-state index contributed by atoms with van der Waals surface area (Å²) in [6.07, 6.45) is 4.69. The summed E-state index contributed by atoms with van der Waals surface area (Å²) < 4.78 is 5.80. The van der Waals surface area contributed by atoms with Crippen LogP contribution in [-0.4, -0.2) is 23.0 Å². The van der Waals surface area contributed by atoms with Gasteiger partial charge in [-0.2, -0.15) is 0 Å². The minimum absolute atomic E-state index is 0.150. The van der Waals surface area contributed by atoms with Gasteiger partial charge >= 0.3 is 0 Å². The van der Waals surface area contributed by atoms with Crippen molar-refractivity contribution in [3.05, 3.63) is 29.1 Å². The number of nitrogens with zero attached hydrogens (tertiary/aromatic N) is 1. The van der Waals surface area contributed by atoms with E-state index in [0.29, 0.717) is 12.2 Å². The van der Waals surface area contributed by atoms with Crippen LogP contribution in [0.2, 0.25) is 0 Å². The SMILES string of the molecule is Cc1cc(C(=O)C2CC3CCC(C2)O3)cc(C)n1. The van der Waals surface area contributed by atoms with Crippen LogP contribution in [0.4, 0.5) is 0 Å². The first-order valence-corrected chi connectivity index (χ1v) is 6.77. The molecule has 2 bridgehead atoms. The van der Waals surface area contributed by atoms with Crippen LogP contribution in [0.5, 0.6) is 0 Å². The van der Waals surface area contributed by atoms with Crippen molar-refractivity contribution in [1.82, 2.24) is 4.98 Å². The summed E-state index contributed by atoms with van der Waals surface area (Å²) in [5.41, 5.74) is 2.67. The lowest BCUT2D eigenvalue weighted by molar-refractivity contribution is -0.0149. The molecule has 3 heteroatoms. The third-order valence-electron chi connectivity index (χ3n) is 4.03. The molecule has 0 saturated carbocycles. The van der Waals surface area contributed by atoms with Crippen molar-refractivity contribution >= 4 is 5.78 Å². The number of aryl methyl sites for hydroxylation is 2. The Morgan fingerprint density at radius 2 is 1.72 bits per heavy atom. The summed E-state index contributed by atoms with van der Waals surface area (Å²) in [6.45, 7) is 3.88. The summed E-state index contributed by atoms with van der Waals surface area (Å²) >= 11 is 0. The van der Waals surface area contributed by atoms with Crippen LogP contribution in [-0.2, 0) is 4.74 Å². The molecule has 3 nitrogen and oxygen atoms in total. The summed E-state index contributed by atoms with van der Waals surface area (Å²) in [5, 5.41) is 0. The maximum atomic E-state index is 12.5. The molecule has 0 aromatic carbocycles. The normalized spacial score (nSPS) is 30.4. The van der Waals surface area contributed by atoms with E-state index < -0.39 is 0 Å². The number of ketones is 1. The molecule has 2 aliphatic heterocycles. The number of rotatable bonds is 2. The first-order valence-electron chi connectivity index (χ1n) is 6.77. The van der Waals surface area contributed by atoms with Gasteiger partial charge in [-0.15, -0.1) is 0 Å². The van der Waals surface area contributed by atoms with Crippen molar-refractivity contribution in [1.29, 1.82) is 0 Å². The van der Waals surface area contributed by atoms with Gasteiger partial charge < -0.3 is 4.74 Å². The molecule has 3 heterocycles. The third kappa shape index (κ3) is 2.19. The first-order chi connectivity index (χ1) is 8.61. The fraction of sp³-hybridized carbons (Fsp3) is 0.600. The fourth-order valence-electron chi connectivity index (χ4n) is 3.28. The molecule has 2 unspecified atom stereocenters. The summed E-state index contributed by atoms with van der Waals surface area (Å²) in [7, 11) is 0. The van der Waals surface area contributed by atoms with Gasteiger partial charge in [-0.05, 0) is 51.7 Å². The number of fused-ring (bicyclic) bond motifs is 2. The quantitative estimate of drug-likeness (QED) is 0.752. The molecule has 0 radical (unpaired) electrons. The van der Waals surface area contributed by atoms with E-state index in [1.54, 1.807) is 0 Å². The van der Waals surface area contributed by atoms with Gasteiger partial charge in [-0.3, -0.25) is 9.78 Å². The Morgan fingerprint density at radius 3 is 2.28 bits per heavy atom. The Bertz CT molecular complexity index is 451. The molecule has 0 aliphatic carbocycles. The van der Waals surface area contributed by atoms with E-state index in [1.165, 1.54) is 0 Å². The second-order valence-electron chi connectivity index (χ2n) is 5.63. The van der Waals surface area contributed by atoms with E-state index in [0.717, 1.165) is 42.6 Å². The Kier molecular flexibility index (Phi) is 2.94. The van der Waals surface area contributed by atoms with Crippen molar-refractivity contribution in [3.8, 4) is 0 Å². The Balaban J connectivity index is 1.81. The van der Waals surface area contributed by atoms with E-state index in [9.17, 15) is 4.79 Å². The fourth-order valence-corrected chi connectivity index (χ4v) is 3.28. The molecule has 96 valence electrons. The van der Waals surface area contributed by atoms with Crippen LogP contribution in [0.3, 0.4) is 0 Å². The molecule has 2 atom stereocenters. The van der Waals surface area contributed by atoms with Crippen LogP contribution in [0.25, 0.3) is 0 Å². The van der Waals surface area contributed by atoms with Crippen LogP contribution in [0.1, 0.15) is 47.4 Å². The first kappa shape index (κ1) is 11.8. The van der Waals surface area contributed by atoms with E-state index in [1.807, 2.05) is 26.0 Å². The predicted octanol–water partition coefficient (Wildman–Crippen LogP) is 2.84. The van der Waals surface area contributed by atoms with Crippen LogP contribution in [0.15, 0.2) is 12.1 Å². The van der Waals surface area contributed by atoms with E-state index >= 15 is 0 Å². The van der Waals surface area contributed by atoms with Crippen molar-refractivity contribution in [2.24, 2.45) is 5.92 Å². The third-order valence-corrected chi connectivity index (χ3v) is 4.03. The van der Waals surface area contributed by atoms with Gasteiger partial charge in [-0.25, -0.2) is 0 Å². The molecule has 18 heavy (non-hydrogen) atoms.